The zero-order valence-electron chi connectivity index (χ0n) is 10.2. The molecule has 0 saturated heterocycles. The fraction of sp³-hybridized carbons (Fsp3) is 1.00. The molecule has 0 amide bonds. The first-order valence-corrected chi connectivity index (χ1v) is 5.62. The van der Waals surface area contributed by atoms with E-state index in [2.05, 4.69) is 0 Å². The van der Waals surface area contributed by atoms with Gasteiger partial charge in [0.2, 0.25) is 0 Å². The van der Waals surface area contributed by atoms with Gasteiger partial charge < -0.3 is 18.9 Å². The summed E-state index contributed by atoms with van der Waals surface area (Å²) in [5.74, 6) is 0. The molecule has 4 nitrogen and oxygen atoms in total. The van der Waals surface area contributed by atoms with Crippen LogP contribution in [0.4, 0.5) is 0 Å². The van der Waals surface area contributed by atoms with Gasteiger partial charge in [0.1, 0.15) is 0 Å². The van der Waals surface area contributed by atoms with Crippen molar-refractivity contribution < 1.29 is 18.9 Å². The molecule has 0 aliphatic carbocycles. The third-order valence-corrected chi connectivity index (χ3v) is 1.63. The summed E-state index contributed by atoms with van der Waals surface area (Å²) in [6.45, 7) is 10.6. The van der Waals surface area contributed by atoms with Crippen molar-refractivity contribution in [2.24, 2.45) is 0 Å². The third kappa shape index (κ3) is 13.8. The molecule has 0 fully saturated rings. The van der Waals surface area contributed by atoms with E-state index in [0.717, 1.165) is 6.61 Å². The second-order valence-corrected chi connectivity index (χ2v) is 3.34. The lowest BCUT2D eigenvalue weighted by Gasteiger charge is -2.08. The summed E-state index contributed by atoms with van der Waals surface area (Å²) in [7, 11) is 0. The molecule has 0 aromatic rings. The highest BCUT2D eigenvalue weighted by Gasteiger charge is 1.93. The summed E-state index contributed by atoms with van der Waals surface area (Å²) in [4.78, 5) is 0. The Morgan fingerprint density at radius 3 is 1.67 bits per heavy atom. The van der Waals surface area contributed by atoms with Crippen LogP contribution in [0, 0.1) is 0 Å². The molecule has 0 unspecified atom stereocenters. The Hall–Kier alpha value is -0.160. The minimum Gasteiger partial charge on any atom is -0.379 e. The maximum absolute atomic E-state index is 5.32. The maximum Gasteiger partial charge on any atom is 0.0703 e. The van der Waals surface area contributed by atoms with Crippen LogP contribution < -0.4 is 0 Å². The van der Waals surface area contributed by atoms with Gasteiger partial charge in [-0.25, -0.2) is 0 Å². The van der Waals surface area contributed by atoms with E-state index in [0.29, 0.717) is 39.6 Å². The van der Waals surface area contributed by atoms with E-state index in [1.165, 1.54) is 0 Å². The van der Waals surface area contributed by atoms with Crippen molar-refractivity contribution in [1.29, 1.82) is 0 Å². The molecule has 0 aromatic heterocycles. The first-order chi connectivity index (χ1) is 7.27. The summed E-state index contributed by atoms with van der Waals surface area (Å²) in [6, 6.07) is 0. The van der Waals surface area contributed by atoms with Crippen LogP contribution in [0.25, 0.3) is 0 Å². The van der Waals surface area contributed by atoms with Crippen LogP contribution in [0.5, 0.6) is 0 Å². The Labute approximate surface area is 92.8 Å². The lowest BCUT2D eigenvalue weighted by molar-refractivity contribution is -0.0108. The van der Waals surface area contributed by atoms with Crippen LogP contribution in [-0.4, -0.2) is 52.4 Å². The van der Waals surface area contributed by atoms with Crippen molar-refractivity contribution in [3.8, 4) is 0 Å². The number of rotatable bonds is 11. The molecule has 4 heteroatoms. The van der Waals surface area contributed by atoms with Crippen molar-refractivity contribution >= 4 is 0 Å². The summed E-state index contributed by atoms with van der Waals surface area (Å²) < 4.78 is 21.0. The molecule has 0 N–H and O–H groups in total. The third-order valence-electron chi connectivity index (χ3n) is 1.63. The topological polar surface area (TPSA) is 36.9 Å². The number of hydrogen-bond donors (Lipinski definition) is 0. The van der Waals surface area contributed by atoms with Crippen molar-refractivity contribution in [3.05, 3.63) is 0 Å². The lowest BCUT2D eigenvalue weighted by atomic mass is 10.5. The SMILES string of the molecule is CCOCCOCCOCCOC(C)C. The van der Waals surface area contributed by atoms with Gasteiger partial charge in [-0.15, -0.1) is 0 Å². The number of hydrogen-bond acceptors (Lipinski definition) is 4. The Morgan fingerprint density at radius 1 is 0.733 bits per heavy atom. The maximum atomic E-state index is 5.32. The van der Waals surface area contributed by atoms with Crippen LogP contribution in [0.2, 0.25) is 0 Å². The number of ether oxygens (including phenoxy) is 4. The molecule has 0 heterocycles. The molecule has 0 aromatic carbocycles. The molecule has 0 rings (SSSR count). The van der Waals surface area contributed by atoms with Crippen LogP contribution in [0.15, 0.2) is 0 Å². The molecule has 0 radical (unpaired) electrons. The van der Waals surface area contributed by atoms with E-state index >= 15 is 0 Å². The monoisotopic (exact) mass is 220 g/mol. The molecular weight excluding hydrogens is 196 g/mol. The van der Waals surface area contributed by atoms with E-state index in [1.54, 1.807) is 0 Å². The van der Waals surface area contributed by atoms with Gasteiger partial charge in [0.05, 0.1) is 45.7 Å². The second-order valence-electron chi connectivity index (χ2n) is 3.34. The Bertz CT molecular complexity index is 117. The van der Waals surface area contributed by atoms with Crippen molar-refractivity contribution in [3.63, 3.8) is 0 Å². The quantitative estimate of drug-likeness (QED) is 0.494. The summed E-state index contributed by atoms with van der Waals surface area (Å²) in [5.41, 5.74) is 0. The minimum atomic E-state index is 0.274. The highest BCUT2D eigenvalue weighted by molar-refractivity contribution is 4.37. The molecular formula is C11H24O4. The van der Waals surface area contributed by atoms with Gasteiger partial charge in [0, 0.05) is 6.61 Å². The van der Waals surface area contributed by atoms with Crippen molar-refractivity contribution in [1.82, 2.24) is 0 Å². The van der Waals surface area contributed by atoms with Crippen molar-refractivity contribution in [2.75, 3.05) is 46.2 Å². The molecule has 0 saturated carbocycles. The van der Waals surface area contributed by atoms with Crippen LogP contribution in [-0.2, 0) is 18.9 Å². The molecule has 0 atom stereocenters. The van der Waals surface area contributed by atoms with E-state index in [4.69, 9.17) is 18.9 Å². The predicted octanol–water partition coefficient (Wildman–Crippen LogP) is 1.48. The predicted molar refractivity (Wildman–Crippen MR) is 59.2 cm³/mol. The molecule has 0 spiro atoms. The molecule has 0 aliphatic heterocycles. The van der Waals surface area contributed by atoms with Crippen molar-refractivity contribution in [2.45, 2.75) is 26.9 Å². The van der Waals surface area contributed by atoms with E-state index in [-0.39, 0.29) is 6.10 Å². The average molecular weight is 220 g/mol. The van der Waals surface area contributed by atoms with Gasteiger partial charge in [-0.1, -0.05) is 0 Å². The Kier molecular flexibility index (Phi) is 11.8. The van der Waals surface area contributed by atoms with Gasteiger partial charge in [-0.05, 0) is 20.8 Å². The zero-order chi connectivity index (χ0) is 11.4. The molecule has 92 valence electrons. The summed E-state index contributed by atoms with van der Waals surface area (Å²) in [5, 5.41) is 0. The van der Waals surface area contributed by atoms with Gasteiger partial charge in [-0.2, -0.15) is 0 Å². The molecule has 15 heavy (non-hydrogen) atoms. The minimum absolute atomic E-state index is 0.274. The first-order valence-electron chi connectivity index (χ1n) is 5.62. The summed E-state index contributed by atoms with van der Waals surface area (Å²) >= 11 is 0. The molecule has 0 bridgehead atoms. The van der Waals surface area contributed by atoms with Crippen LogP contribution >= 0.6 is 0 Å². The Balaban J connectivity index is 2.87. The fourth-order valence-electron chi connectivity index (χ4n) is 0.927. The average Bonchev–Trinajstić information content (AvgIpc) is 2.20. The highest BCUT2D eigenvalue weighted by Crippen LogP contribution is 1.87. The van der Waals surface area contributed by atoms with E-state index in [1.807, 2.05) is 20.8 Å². The summed E-state index contributed by atoms with van der Waals surface area (Å²) in [6.07, 6.45) is 0.274. The van der Waals surface area contributed by atoms with Gasteiger partial charge in [0.15, 0.2) is 0 Å². The smallest absolute Gasteiger partial charge is 0.0703 e. The first kappa shape index (κ1) is 14.8. The van der Waals surface area contributed by atoms with Crippen LogP contribution in [0.1, 0.15) is 20.8 Å². The standard InChI is InChI=1S/C11H24O4/c1-4-12-5-6-13-7-8-14-9-10-15-11(2)3/h11H,4-10H2,1-3H3. The molecule has 0 aliphatic rings. The van der Waals surface area contributed by atoms with Gasteiger partial charge in [-0.3, -0.25) is 0 Å². The zero-order valence-corrected chi connectivity index (χ0v) is 10.2. The van der Waals surface area contributed by atoms with Crippen LogP contribution in [0.3, 0.4) is 0 Å². The van der Waals surface area contributed by atoms with E-state index < -0.39 is 0 Å². The van der Waals surface area contributed by atoms with E-state index in [9.17, 15) is 0 Å². The largest absolute Gasteiger partial charge is 0.379 e. The fourth-order valence-corrected chi connectivity index (χ4v) is 0.927. The highest BCUT2D eigenvalue weighted by atomic mass is 16.6. The lowest BCUT2D eigenvalue weighted by Crippen LogP contribution is -2.13. The Morgan fingerprint density at radius 2 is 1.20 bits per heavy atom. The van der Waals surface area contributed by atoms with Gasteiger partial charge in [0.25, 0.3) is 0 Å². The van der Waals surface area contributed by atoms with Gasteiger partial charge >= 0.3 is 0 Å². The normalized spacial score (nSPS) is 11.2. The second kappa shape index (κ2) is 11.9.